The highest BCUT2D eigenvalue weighted by Crippen LogP contribution is 2.33. The molecule has 1 aromatic carbocycles. The van der Waals surface area contributed by atoms with E-state index in [0.29, 0.717) is 17.5 Å². The van der Waals surface area contributed by atoms with Crippen molar-refractivity contribution >= 4 is 17.5 Å². The molecule has 1 aliphatic rings. The van der Waals surface area contributed by atoms with Crippen LogP contribution < -0.4 is 11.1 Å². The van der Waals surface area contributed by atoms with E-state index in [9.17, 15) is 4.79 Å². The van der Waals surface area contributed by atoms with Crippen molar-refractivity contribution in [1.29, 1.82) is 5.26 Å². The number of nitrogen functional groups attached to an aromatic ring is 1. The zero-order chi connectivity index (χ0) is 12.7. The number of anilines is 2. The molecular formula is C13H9N3O2. The van der Waals surface area contributed by atoms with Gasteiger partial charge in [0.15, 0.2) is 0 Å². The van der Waals surface area contributed by atoms with E-state index in [1.165, 1.54) is 6.26 Å². The van der Waals surface area contributed by atoms with Crippen LogP contribution in [0.15, 0.2) is 28.9 Å². The maximum Gasteiger partial charge on any atom is 0.228 e. The van der Waals surface area contributed by atoms with Gasteiger partial charge in [-0.15, -0.1) is 0 Å². The number of fused-ring (bicyclic) bond motifs is 1. The molecule has 0 unspecified atom stereocenters. The van der Waals surface area contributed by atoms with Gasteiger partial charge >= 0.3 is 0 Å². The fourth-order valence-electron chi connectivity index (χ4n) is 2.10. The van der Waals surface area contributed by atoms with Crippen molar-refractivity contribution in [2.45, 2.75) is 6.42 Å². The Morgan fingerprint density at radius 1 is 1.44 bits per heavy atom. The summed E-state index contributed by atoms with van der Waals surface area (Å²) in [4.78, 5) is 11.3. The van der Waals surface area contributed by atoms with E-state index in [1.807, 2.05) is 24.3 Å². The van der Waals surface area contributed by atoms with Crippen molar-refractivity contribution in [2.24, 2.45) is 0 Å². The lowest BCUT2D eigenvalue weighted by molar-refractivity contribution is -0.115. The molecule has 18 heavy (non-hydrogen) atoms. The molecule has 5 heteroatoms. The largest absolute Gasteiger partial charge is 0.447 e. The minimum atomic E-state index is -0.0191. The highest BCUT2D eigenvalue weighted by Gasteiger charge is 2.19. The summed E-state index contributed by atoms with van der Waals surface area (Å²) in [6.45, 7) is 0. The number of carbonyl (C=O) groups excluding carboxylic acids is 1. The molecule has 0 atom stereocenters. The number of rotatable bonds is 1. The van der Waals surface area contributed by atoms with Gasteiger partial charge in [-0.3, -0.25) is 4.79 Å². The third-order valence-electron chi connectivity index (χ3n) is 2.97. The molecule has 0 fully saturated rings. The Hall–Kier alpha value is -2.74. The van der Waals surface area contributed by atoms with Crippen LogP contribution in [0, 0.1) is 11.3 Å². The Morgan fingerprint density at radius 2 is 2.28 bits per heavy atom. The van der Waals surface area contributed by atoms with Crippen LogP contribution in [0.1, 0.15) is 11.1 Å². The smallest absolute Gasteiger partial charge is 0.228 e. The van der Waals surface area contributed by atoms with Gasteiger partial charge in [0.05, 0.1) is 6.42 Å². The molecule has 1 aliphatic heterocycles. The maximum absolute atomic E-state index is 11.3. The highest BCUT2D eigenvalue weighted by molar-refractivity contribution is 5.99. The Morgan fingerprint density at radius 3 is 3.06 bits per heavy atom. The zero-order valence-electron chi connectivity index (χ0n) is 9.36. The van der Waals surface area contributed by atoms with Crippen molar-refractivity contribution in [2.75, 3.05) is 11.1 Å². The normalized spacial score (nSPS) is 12.9. The first-order valence-electron chi connectivity index (χ1n) is 5.39. The van der Waals surface area contributed by atoms with E-state index in [-0.39, 0.29) is 11.8 Å². The lowest BCUT2D eigenvalue weighted by atomic mass is 10.0. The molecule has 88 valence electrons. The summed E-state index contributed by atoms with van der Waals surface area (Å²) in [6, 6.07) is 7.54. The molecule has 0 aliphatic carbocycles. The van der Waals surface area contributed by atoms with Gasteiger partial charge in [-0.05, 0) is 23.3 Å². The highest BCUT2D eigenvalue weighted by atomic mass is 16.3. The van der Waals surface area contributed by atoms with Crippen LogP contribution in [0.3, 0.4) is 0 Å². The van der Waals surface area contributed by atoms with Crippen molar-refractivity contribution in [1.82, 2.24) is 0 Å². The molecule has 0 radical (unpaired) electrons. The number of nitriles is 1. The fourth-order valence-corrected chi connectivity index (χ4v) is 2.10. The molecule has 3 N–H and O–H groups in total. The average Bonchev–Trinajstić information content (AvgIpc) is 2.89. The predicted octanol–water partition coefficient (Wildman–Crippen LogP) is 1.90. The van der Waals surface area contributed by atoms with Crippen molar-refractivity contribution in [3.63, 3.8) is 0 Å². The second kappa shape index (κ2) is 3.64. The van der Waals surface area contributed by atoms with Crippen LogP contribution in [-0.2, 0) is 11.2 Å². The van der Waals surface area contributed by atoms with Gasteiger partial charge in [0.2, 0.25) is 11.8 Å². The second-order valence-electron chi connectivity index (χ2n) is 4.10. The molecule has 0 saturated carbocycles. The zero-order valence-corrected chi connectivity index (χ0v) is 9.36. The van der Waals surface area contributed by atoms with Gasteiger partial charge in [-0.25, -0.2) is 0 Å². The molecule has 0 bridgehead atoms. The summed E-state index contributed by atoms with van der Waals surface area (Å²) >= 11 is 0. The molecule has 0 spiro atoms. The minimum absolute atomic E-state index is 0.0191. The lowest BCUT2D eigenvalue weighted by Gasteiger charge is -2.02. The number of amides is 1. The number of furan rings is 1. The molecule has 5 nitrogen and oxygen atoms in total. The summed E-state index contributed by atoms with van der Waals surface area (Å²) in [5.74, 6) is 0.0940. The Bertz CT molecular complexity index is 695. The summed E-state index contributed by atoms with van der Waals surface area (Å²) in [5.41, 5.74) is 9.10. The van der Waals surface area contributed by atoms with Gasteiger partial charge in [-0.2, -0.15) is 5.26 Å². The number of nitrogens with two attached hydrogens (primary N) is 1. The first-order valence-corrected chi connectivity index (χ1v) is 5.39. The SMILES string of the molecule is N#Cc1c(-c2ccc3c(c2)CC(=O)N3)coc1N. The van der Waals surface area contributed by atoms with Gasteiger partial charge in [0.25, 0.3) is 0 Å². The van der Waals surface area contributed by atoms with E-state index >= 15 is 0 Å². The standard InChI is InChI=1S/C13H9N3O2/c14-5-9-10(6-18-13(9)15)7-1-2-11-8(3-7)4-12(17)16-11/h1-3,6H,4,15H2,(H,16,17). The van der Waals surface area contributed by atoms with Gasteiger partial charge < -0.3 is 15.5 Å². The predicted molar refractivity (Wildman–Crippen MR) is 65.6 cm³/mol. The number of benzene rings is 1. The van der Waals surface area contributed by atoms with E-state index in [0.717, 1.165) is 16.8 Å². The number of nitrogens with zero attached hydrogens (tertiary/aromatic N) is 1. The summed E-state index contributed by atoms with van der Waals surface area (Å²) in [6.07, 6.45) is 1.82. The second-order valence-corrected chi connectivity index (χ2v) is 4.10. The fraction of sp³-hybridized carbons (Fsp3) is 0.0769. The Balaban J connectivity index is 2.12. The first kappa shape index (κ1) is 10.4. The van der Waals surface area contributed by atoms with Crippen LogP contribution in [0.2, 0.25) is 0 Å². The van der Waals surface area contributed by atoms with Gasteiger partial charge in [0.1, 0.15) is 17.9 Å². The molecule has 1 aromatic heterocycles. The first-order chi connectivity index (χ1) is 8.69. The van der Waals surface area contributed by atoms with Crippen LogP contribution >= 0.6 is 0 Å². The van der Waals surface area contributed by atoms with Crippen LogP contribution in [0.25, 0.3) is 11.1 Å². The monoisotopic (exact) mass is 239 g/mol. The van der Waals surface area contributed by atoms with Crippen molar-refractivity contribution in [3.05, 3.63) is 35.6 Å². The molecule has 2 heterocycles. The molecule has 2 aromatic rings. The molecule has 1 amide bonds. The third kappa shape index (κ3) is 1.44. The van der Waals surface area contributed by atoms with Crippen molar-refractivity contribution < 1.29 is 9.21 Å². The number of hydrogen-bond donors (Lipinski definition) is 2. The van der Waals surface area contributed by atoms with E-state index in [1.54, 1.807) is 0 Å². The lowest BCUT2D eigenvalue weighted by Crippen LogP contribution is -2.03. The average molecular weight is 239 g/mol. The summed E-state index contributed by atoms with van der Waals surface area (Å²) in [5, 5.41) is 11.8. The third-order valence-corrected chi connectivity index (χ3v) is 2.97. The molecular weight excluding hydrogens is 230 g/mol. The van der Waals surface area contributed by atoms with Crippen LogP contribution in [-0.4, -0.2) is 5.91 Å². The quantitative estimate of drug-likeness (QED) is 0.794. The minimum Gasteiger partial charge on any atom is -0.447 e. The maximum atomic E-state index is 11.3. The van der Waals surface area contributed by atoms with E-state index in [4.69, 9.17) is 15.4 Å². The number of carbonyl (C=O) groups is 1. The van der Waals surface area contributed by atoms with Crippen LogP contribution in [0.4, 0.5) is 11.6 Å². The van der Waals surface area contributed by atoms with E-state index in [2.05, 4.69) is 5.32 Å². The van der Waals surface area contributed by atoms with Crippen LogP contribution in [0.5, 0.6) is 0 Å². The Kier molecular flexibility index (Phi) is 2.10. The summed E-state index contributed by atoms with van der Waals surface area (Å²) in [7, 11) is 0. The van der Waals surface area contributed by atoms with Gasteiger partial charge in [-0.1, -0.05) is 6.07 Å². The Labute approximate surface area is 103 Å². The molecule has 0 saturated heterocycles. The van der Waals surface area contributed by atoms with E-state index < -0.39 is 0 Å². The van der Waals surface area contributed by atoms with Crippen molar-refractivity contribution in [3.8, 4) is 17.2 Å². The topological polar surface area (TPSA) is 92.0 Å². The van der Waals surface area contributed by atoms with Gasteiger partial charge in [0, 0.05) is 11.3 Å². The number of nitrogens with one attached hydrogen (secondary N) is 1. The molecule has 3 rings (SSSR count). The number of hydrogen-bond acceptors (Lipinski definition) is 4. The summed E-state index contributed by atoms with van der Waals surface area (Å²) < 4.78 is 5.05.